The SMILES string of the molecule is COCC(O)CNC(=O)NC1CCCCC1. The second kappa shape index (κ2) is 7.46. The maximum Gasteiger partial charge on any atom is 0.315 e. The first-order valence-corrected chi connectivity index (χ1v) is 5.93. The fourth-order valence-electron chi connectivity index (χ4n) is 1.95. The number of amides is 2. The number of aliphatic hydroxyl groups excluding tert-OH is 1. The van der Waals surface area contributed by atoms with Crippen LogP contribution in [0.25, 0.3) is 0 Å². The normalized spacial score (nSPS) is 19.1. The molecule has 16 heavy (non-hydrogen) atoms. The smallest absolute Gasteiger partial charge is 0.315 e. The maximum atomic E-state index is 11.4. The van der Waals surface area contributed by atoms with Crippen LogP contribution in [0.3, 0.4) is 0 Å². The fourth-order valence-corrected chi connectivity index (χ4v) is 1.95. The predicted molar refractivity (Wildman–Crippen MR) is 61.3 cm³/mol. The van der Waals surface area contributed by atoms with Crippen molar-refractivity contribution in [2.24, 2.45) is 0 Å². The van der Waals surface area contributed by atoms with E-state index in [2.05, 4.69) is 10.6 Å². The van der Waals surface area contributed by atoms with Gasteiger partial charge in [-0.15, -0.1) is 0 Å². The molecule has 0 bridgehead atoms. The van der Waals surface area contributed by atoms with Crippen molar-refractivity contribution in [2.75, 3.05) is 20.3 Å². The van der Waals surface area contributed by atoms with Gasteiger partial charge in [0.15, 0.2) is 0 Å². The van der Waals surface area contributed by atoms with E-state index >= 15 is 0 Å². The number of ether oxygens (including phenoxy) is 1. The second-order valence-electron chi connectivity index (χ2n) is 4.30. The highest BCUT2D eigenvalue weighted by Crippen LogP contribution is 2.16. The zero-order valence-corrected chi connectivity index (χ0v) is 9.87. The molecular formula is C11H22N2O3. The van der Waals surface area contributed by atoms with E-state index in [0.29, 0.717) is 6.04 Å². The molecule has 1 rings (SSSR count). The van der Waals surface area contributed by atoms with Gasteiger partial charge in [0.25, 0.3) is 0 Å². The summed E-state index contributed by atoms with van der Waals surface area (Å²) < 4.78 is 4.76. The van der Waals surface area contributed by atoms with Gasteiger partial charge in [-0.2, -0.15) is 0 Å². The topological polar surface area (TPSA) is 70.6 Å². The summed E-state index contributed by atoms with van der Waals surface area (Å²) >= 11 is 0. The van der Waals surface area contributed by atoms with Gasteiger partial charge in [-0.05, 0) is 12.8 Å². The summed E-state index contributed by atoms with van der Waals surface area (Å²) in [5.74, 6) is 0. The summed E-state index contributed by atoms with van der Waals surface area (Å²) in [7, 11) is 1.52. The van der Waals surface area contributed by atoms with E-state index in [9.17, 15) is 9.90 Å². The van der Waals surface area contributed by atoms with Gasteiger partial charge >= 0.3 is 6.03 Å². The minimum atomic E-state index is -0.637. The Labute approximate surface area is 96.6 Å². The third-order valence-corrected chi connectivity index (χ3v) is 2.80. The molecule has 0 radical (unpaired) electrons. The van der Waals surface area contributed by atoms with Gasteiger partial charge in [0.2, 0.25) is 0 Å². The largest absolute Gasteiger partial charge is 0.389 e. The summed E-state index contributed by atoms with van der Waals surface area (Å²) in [6.45, 7) is 0.468. The Bertz CT molecular complexity index is 205. The van der Waals surface area contributed by atoms with Crippen molar-refractivity contribution >= 4 is 6.03 Å². The van der Waals surface area contributed by atoms with Crippen molar-refractivity contribution in [3.63, 3.8) is 0 Å². The Morgan fingerprint density at radius 3 is 2.75 bits per heavy atom. The second-order valence-corrected chi connectivity index (χ2v) is 4.30. The molecule has 1 aliphatic rings. The molecule has 0 aromatic carbocycles. The van der Waals surface area contributed by atoms with Crippen molar-refractivity contribution < 1.29 is 14.6 Å². The molecule has 1 saturated carbocycles. The zero-order chi connectivity index (χ0) is 11.8. The lowest BCUT2D eigenvalue weighted by Gasteiger charge is -2.23. The first-order valence-electron chi connectivity index (χ1n) is 5.93. The van der Waals surface area contributed by atoms with Crippen molar-refractivity contribution in [1.82, 2.24) is 10.6 Å². The highest BCUT2D eigenvalue weighted by Gasteiger charge is 2.15. The van der Waals surface area contributed by atoms with Crippen LogP contribution in [0.4, 0.5) is 4.79 Å². The number of hydrogen-bond donors (Lipinski definition) is 3. The molecule has 0 saturated heterocycles. The number of methoxy groups -OCH3 is 1. The molecule has 94 valence electrons. The van der Waals surface area contributed by atoms with E-state index in [0.717, 1.165) is 12.8 Å². The Morgan fingerprint density at radius 1 is 1.44 bits per heavy atom. The van der Waals surface area contributed by atoms with E-state index < -0.39 is 6.10 Å². The first-order chi connectivity index (χ1) is 7.72. The van der Waals surface area contributed by atoms with Crippen LogP contribution in [0.1, 0.15) is 32.1 Å². The van der Waals surface area contributed by atoms with Gasteiger partial charge in [-0.25, -0.2) is 4.79 Å². The van der Waals surface area contributed by atoms with Crippen LogP contribution < -0.4 is 10.6 Å². The van der Waals surface area contributed by atoms with Crippen LogP contribution in [-0.4, -0.2) is 43.5 Å². The van der Waals surface area contributed by atoms with Gasteiger partial charge in [-0.3, -0.25) is 0 Å². The van der Waals surface area contributed by atoms with Crippen molar-refractivity contribution in [2.45, 2.75) is 44.2 Å². The van der Waals surface area contributed by atoms with Crippen molar-refractivity contribution in [3.05, 3.63) is 0 Å². The Morgan fingerprint density at radius 2 is 2.12 bits per heavy atom. The molecule has 0 aromatic heterocycles. The zero-order valence-electron chi connectivity index (χ0n) is 9.87. The third-order valence-electron chi connectivity index (χ3n) is 2.80. The molecule has 2 amide bonds. The molecule has 1 fully saturated rings. The monoisotopic (exact) mass is 230 g/mol. The van der Waals surface area contributed by atoms with Crippen LogP contribution in [0.2, 0.25) is 0 Å². The molecule has 1 aliphatic carbocycles. The Kier molecular flexibility index (Phi) is 6.18. The Hall–Kier alpha value is -0.810. The number of urea groups is 1. The van der Waals surface area contributed by atoms with E-state index in [1.54, 1.807) is 0 Å². The maximum absolute atomic E-state index is 11.4. The molecule has 0 heterocycles. The molecule has 1 unspecified atom stereocenters. The molecular weight excluding hydrogens is 208 g/mol. The number of carbonyl (C=O) groups excluding carboxylic acids is 1. The quantitative estimate of drug-likeness (QED) is 0.648. The number of aliphatic hydroxyl groups is 1. The van der Waals surface area contributed by atoms with Gasteiger partial charge in [-0.1, -0.05) is 19.3 Å². The summed E-state index contributed by atoms with van der Waals surface area (Å²) in [6.07, 6.45) is 5.14. The Balaban J connectivity index is 2.10. The van der Waals surface area contributed by atoms with Crippen molar-refractivity contribution in [3.8, 4) is 0 Å². The third kappa shape index (κ3) is 5.32. The highest BCUT2D eigenvalue weighted by atomic mass is 16.5. The van der Waals surface area contributed by atoms with Gasteiger partial charge < -0.3 is 20.5 Å². The van der Waals surface area contributed by atoms with Crippen LogP contribution in [0.15, 0.2) is 0 Å². The summed E-state index contributed by atoms with van der Waals surface area (Å²) in [4.78, 5) is 11.4. The van der Waals surface area contributed by atoms with Crippen LogP contribution in [0.5, 0.6) is 0 Å². The van der Waals surface area contributed by atoms with Crippen molar-refractivity contribution in [1.29, 1.82) is 0 Å². The van der Waals surface area contributed by atoms with Gasteiger partial charge in [0, 0.05) is 19.7 Å². The first kappa shape index (κ1) is 13.3. The average Bonchev–Trinajstić information content (AvgIpc) is 2.28. The average molecular weight is 230 g/mol. The summed E-state index contributed by atoms with van der Waals surface area (Å²) in [5.41, 5.74) is 0. The summed E-state index contributed by atoms with van der Waals surface area (Å²) in [5, 5.41) is 14.9. The molecule has 0 spiro atoms. The molecule has 1 atom stereocenters. The molecule has 0 aliphatic heterocycles. The molecule has 3 N–H and O–H groups in total. The molecule has 0 aromatic rings. The van der Waals surface area contributed by atoms with E-state index in [1.165, 1.54) is 26.4 Å². The van der Waals surface area contributed by atoms with Crippen LogP contribution in [-0.2, 0) is 4.74 Å². The van der Waals surface area contributed by atoms with Gasteiger partial charge in [0.05, 0.1) is 12.7 Å². The molecule has 5 nitrogen and oxygen atoms in total. The number of carbonyl (C=O) groups is 1. The van der Waals surface area contributed by atoms with Crippen LogP contribution in [0, 0.1) is 0 Å². The minimum Gasteiger partial charge on any atom is -0.389 e. The lowest BCUT2D eigenvalue weighted by molar-refractivity contribution is 0.0658. The number of rotatable bonds is 5. The van der Waals surface area contributed by atoms with Gasteiger partial charge in [0.1, 0.15) is 0 Å². The predicted octanol–water partition coefficient (Wildman–Crippen LogP) is 0.626. The lowest BCUT2D eigenvalue weighted by atomic mass is 9.96. The number of hydrogen-bond acceptors (Lipinski definition) is 3. The lowest BCUT2D eigenvalue weighted by Crippen LogP contribution is -2.45. The fraction of sp³-hybridized carbons (Fsp3) is 0.909. The van der Waals surface area contributed by atoms with E-state index in [4.69, 9.17) is 4.74 Å². The van der Waals surface area contributed by atoms with Crippen LogP contribution >= 0.6 is 0 Å². The minimum absolute atomic E-state index is 0.193. The number of nitrogens with one attached hydrogen (secondary N) is 2. The van der Waals surface area contributed by atoms with E-state index in [-0.39, 0.29) is 19.2 Å². The standard InChI is InChI=1S/C11H22N2O3/c1-16-8-10(14)7-12-11(15)13-9-5-3-2-4-6-9/h9-10,14H,2-8H2,1H3,(H2,12,13,15). The highest BCUT2D eigenvalue weighted by molar-refractivity contribution is 5.74. The molecule has 5 heteroatoms. The van der Waals surface area contributed by atoms with E-state index in [1.807, 2.05) is 0 Å². The summed E-state index contributed by atoms with van der Waals surface area (Å²) in [6, 6.07) is 0.107.